The van der Waals surface area contributed by atoms with Gasteiger partial charge in [-0.05, 0) is 87.0 Å². The molecular weight excluding hydrogens is 372 g/mol. The van der Waals surface area contributed by atoms with Crippen LogP contribution in [-0.2, 0) is 14.3 Å². The van der Waals surface area contributed by atoms with Gasteiger partial charge in [0, 0.05) is 18.3 Å². The number of rotatable bonds is 4. The molecule has 0 amide bonds. The summed E-state index contributed by atoms with van der Waals surface area (Å²) in [6, 6.07) is 0. The molecule has 0 heterocycles. The van der Waals surface area contributed by atoms with E-state index in [1.54, 1.807) is 6.92 Å². The minimum Gasteiger partial charge on any atom is -0.481 e. The molecule has 0 aromatic heterocycles. The Morgan fingerprint density at radius 2 is 1.82 bits per heavy atom. The number of carbonyl (C=O) groups is 2. The average molecular weight is 409 g/mol. The van der Waals surface area contributed by atoms with E-state index in [4.69, 9.17) is 4.74 Å². The second-order valence-corrected chi connectivity index (χ2v) is 11.6. The number of thioether (sulfide) groups is 1. The Hall–Kier alpha value is -0.710. The standard InChI is InChI=1S/C23H36O4S/c1-14(24)27-19-16(13-28-4)15-6-10-23(19)11-7-17-21(2,18(23)12-15)8-5-9-22(17,3)20(25)26/h15-19H,5-13H2,1-4H3,(H,25,26)/t15-,16+,17+,18+,19-,21-,22-,23+/m1/s1. The summed E-state index contributed by atoms with van der Waals surface area (Å²) < 4.78 is 6.11. The number of hydrogen-bond donors (Lipinski definition) is 1. The molecule has 4 nitrogen and oxygen atoms in total. The SMILES string of the molecule is CSC[C@H]1[C@@H]2CC[C@@]3(CC[C@H]4[C@@](C)(CCC[C@@]4(C)C(=O)O)[C@@H]3C2)[C@@H]1OC(C)=O. The summed E-state index contributed by atoms with van der Waals surface area (Å²) in [4.78, 5) is 24.3. The summed E-state index contributed by atoms with van der Waals surface area (Å²) in [5, 5.41) is 10.1. The van der Waals surface area contributed by atoms with E-state index in [9.17, 15) is 14.7 Å². The smallest absolute Gasteiger partial charge is 0.309 e. The Bertz CT molecular complexity index is 665. The molecule has 0 unspecified atom stereocenters. The third-order valence-electron chi connectivity index (χ3n) is 9.59. The summed E-state index contributed by atoms with van der Waals surface area (Å²) in [7, 11) is 0. The molecule has 5 aliphatic carbocycles. The Kier molecular flexibility index (Phi) is 5.08. The van der Waals surface area contributed by atoms with Crippen molar-refractivity contribution >= 4 is 23.7 Å². The zero-order valence-corrected chi connectivity index (χ0v) is 18.6. The van der Waals surface area contributed by atoms with Crippen LogP contribution >= 0.6 is 11.8 Å². The summed E-state index contributed by atoms with van der Waals surface area (Å²) in [6.07, 6.45) is 10.7. The molecule has 5 saturated carbocycles. The van der Waals surface area contributed by atoms with E-state index in [1.165, 1.54) is 12.8 Å². The molecule has 2 bridgehead atoms. The van der Waals surface area contributed by atoms with Crippen LogP contribution in [0.15, 0.2) is 0 Å². The third kappa shape index (κ3) is 2.70. The number of hydrogen-bond acceptors (Lipinski definition) is 4. The van der Waals surface area contributed by atoms with Gasteiger partial charge >= 0.3 is 11.9 Å². The van der Waals surface area contributed by atoms with Gasteiger partial charge in [0.05, 0.1) is 5.41 Å². The molecule has 8 atom stereocenters. The fourth-order valence-electron chi connectivity index (χ4n) is 8.50. The van der Waals surface area contributed by atoms with Gasteiger partial charge in [-0.1, -0.05) is 13.3 Å². The first-order chi connectivity index (χ1) is 13.2. The van der Waals surface area contributed by atoms with Crippen LogP contribution in [0.25, 0.3) is 0 Å². The third-order valence-corrected chi connectivity index (χ3v) is 10.3. The number of carboxylic acid groups (broad SMARTS) is 1. The van der Waals surface area contributed by atoms with E-state index >= 15 is 0 Å². The van der Waals surface area contributed by atoms with Gasteiger partial charge in [-0.3, -0.25) is 9.59 Å². The number of fused-ring (bicyclic) bond motifs is 3. The van der Waals surface area contributed by atoms with Crippen molar-refractivity contribution < 1.29 is 19.4 Å². The normalized spacial score (nSPS) is 49.8. The number of aliphatic carboxylic acids is 1. The number of carbonyl (C=O) groups excluding carboxylic acids is 1. The highest BCUT2D eigenvalue weighted by Crippen LogP contribution is 2.72. The lowest BCUT2D eigenvalue weighted by Gasteiger charge is -2.70. The molecule has 158 valence electrons. The van der Waals surface area contributed by atoms with Crippen molar-refractivity contribution in [2.45, 2.75) is 78.2 Å². The fourth-order valence-corrected chi connectivity index (χ4v) is 9.33. The Morgan fingerprint density at radius 3 is 2.46 bits per heavy atom. The van der Waals surface area contributed by atoms with Gasteiger partial charge in [-0.15, -0.1) is 0 Å². The zero-order valence-electron chi connectivity index (χ0n) is 17.8. The van der Waals surface area contributed by atoms with Crippen LogP contribution in [0.3, 0.4) is 0 Å². The second-order valence-electron chi connectivity index (χ2n) is 10.6. The number of ether oxygens (including phenoxy) is 1. The predicted octanol–water partition coefficient (Wildman–Crippen LogP) is 5.00. The number of carboxylic acids is 1. The topological polar surface area (TPSA) is 63.6 Å². The summed E-state index contributed by atoms with van der Waals surface area (Å²) in [6.45, 7) is 5.94. The lowest BCUT2D eigenvalue weighted by molar-refractivity contribution is -0.248. The molecular formula is C23H36O4S. The largest absolute Gasteiger partial charge is 0.481 e. The minimum atomic E-state index is -0.614. The maximum Gasteiger partial charge on any atom is 0.309 e. The molecule has 5 fully saturated rings. The van der Waals surface area contributed by atoms with Crippen molar-refractivity contribution in [3.8, 4) is 0 Å². The van der Waals surface area contributed by atoms with Gasteiger partial charge < -0.3 is 9.84 Å². The van der Waals surface area contributed by atoms with Crippen LogP contribution in [0, 0.1) is 39.9 Å². The predicted molar refractivity (Wildman–Crippen MR) is 111 cm³/mol. The molecule has 0 saturated heterocycles. The van der Waals surface area contributed by atoms with Crippen molar-refractivity contribution in [3.05, 3.63) is 0 Å². The van der Waals surface area contributed by atoms with Gasteiger partial charge in [0.1, 0.15) is 6.10 Å². The van der Waals surface area contributed by atoms with Crippen molar-refractivity contribution in [2.75, 3.05) is 12.0 Å². The summed E-state index contributed by atoms with van der Waals surface area (Å²) >= 11 is 1.87. The molecule has 5 rings (SSSR count). The van der Waals surface area contributed by atoms with Crippen LogP contribution in [0.5, 0.6) is 0 Å². The molecule has 0 aliphatic heterocycles. The van der Waals surface area contributed by atoms with Crippen molar-refractivity contribution in [1.82, 2.24) is 0 Å². The quantitative estimate of drug-likeness (QED) is 0.663. The monoisotopic (exact) mass is 408 g/mol. The van der Waals surface area contributed by atoms with Crippen molar-refractivity contribution in [3.63, 3.8) is 0 Å². The van der Waals surface area contributed by atoms with Gasteiger partial charge in [-0.25, -0.2) is 0 Å². The van der Waals surface area contributed by atoms with E-state index in [0.29, 0.717) is 17.8 Å². The molecule has 0 radical (unpaired) electrons. The van der Waals surface area contributed by atoms with Crippen LogP contribution in [0.1, 0.15) is 72.1 Å². The Labute approximate surface area is 173 Å². The van der Waals surface area contributed by atoms with Crippen LogP contribution in [0.4, 0.5) is 0 Å². The van der Waals surface area contributed by atoms with Gasteiger partial charge in [-0.2, -0.15) is 11.8 Å². The Morgan fingerprint density at radius 1 is 1.11 bits per heavy atom. The second kappa shape index (κ2) is 6.92. The maximum absolute atomic E-state index is 12.3. The highest BCUT2D eigenvalue weighted by molar-refractivity contribution is 7.98. The summed E-state index contributed by atoms with van der Waals surface area (Å²) in [5.74, 6) is 2.08. The molecule has 0 aromatic carbocycles. The zero-order chi connectivity index (χ0) is 20.3. The first kappa shape index (κ1) is 20.6. The average Bonchev–Trinajstić information content (AvgIpc) is 2.63. The Balaban J connectivity index is 1.75. The van der Waals surface area contributed by atoms with Gasteiger partial charge in [0.2, 0.25) is 0 Å². The number of esters is 1. The summed E-state index contributed by atoms with van der Waals surface area (Å²) in [5.41, 5.74) is -0.505. The van der Waals surface area contributed by atoms with Crippen LogP contribution in [0.2, 0.25) is 0 Å². The maximum atomic E-state index is 12.3. The molecule has 1 spiro atoms. The molecule has 5 aliphatic rings. The van der Waals surface area contributed by atoms with Gasteiger partial charge in [0.15, 0.2) is 0 Å². The van der Waals surface area contributed by atoms with E-state index in [0.717, 1.165) is 44.3 Å². The van der Waals surface area contributed by atoms with Crippen molar-refractivity contribution in [1.29, 1.82) is 0 Å². The van der Waals surface area contributed by atoms with Crippen LogP contribution < -0.4 is 0 Å². The highest BCUT2D eigenvalue weighted by atomic mass is 32.2. The lowest BCUT2D eigenvalue weighted by Crippen LogP contribution is -2.67. The highest BCUT2D eigenvalue weighted by Gasteiger charge is 2.69. The molecule has 1 N–H and O–H groups in total. The lowest BCUT2D eigenvalue weighted by atomic mass is 9.35. The van der Waals surface area contributed by atoms with Crippen LogP contribution in [-0.4, -0.2) is 35.2 Å². The van der Waals surface area contributed by atoms with E-state index < -0.39 is 11.4 Å². The van der Waals surface area contributed by atoms with E-state index in [2.05, 4.69) is 13.2 Å². The van der Waals surface area contributed by atoms with Crippen molar-refractivity contribution in [2.24, 2.45) is 39.9 Å². The van der Waals surface area contributed by atoms with E-state index in [1.807, 2.05) is 18.7 Å². The van der Waals surface area contributed by atoms with E-state index in [-0.39, 0.29) is 28.8 Å². The molecule has 28 heavy (non-hydrogen) atoms. The first-order valence-electron chi connectivity index (χ1n) is 11.1. The minimum absolute atomic E-state index is 0.0192. The molecule has 5 heteroatoms. The van der Waals surface area contributed by atoms with Gasteiger partial charge in [0.25, 0.3) is 0 Å². The molecule has 0 aromatic rings. The first-order valence-corrected chi connectivity index (χ1v) is 12.5. The fraction of sp³-hybridized carbons (Fsp3) is 0.913.